The molecule has 0 aliphatic carbocycles. The molecule has 0 unspecified atom stereocenters. The maximum atomic E-state index is 13.0. The van der Waals surface area contributed by atoms with E-state index in [4.69, 9.17) is 4.52 Å². The van der Waals surface area contributed by atoms with Crippen LogP contribution in [0.3, 0.4) is 0 Å². The molecule has 26 heavy (non-hydrogen) atoms. The number of aromatic nitrogens is 3. The van der Waals surface area contributed by atoms with Crippen molar-refractivity contribution in [2.24, 2.45) is 0 Å². The number of hydrogen-bond donors (Lipinski definition) is 2. The number of rotatable bonds is 5. The molecule has 7 heteroatoms. The third-order valence-electron chi connectivity index (χ3n) is 4.85. The molecule has 1 aliphatic heterocycles. The molecule has 0 spiro atoms. The predicted octanol–water partition coefficient (Wildman–Crippen LogP) is 1.93. The summed E-state index contributed by atoms with van der Waals surface area (Å²) in [6, 6.07) is 13.5. The molecular weight excluding hydrogens is 330 g/mol. The second-order valence-electron chi connectivity index (χ2n) is 6.46. The maximum absolute atomic E-state index is 13.0. The Morgan fingerprint density at radius 3 is 2.77 bits per heavy atom. The zero-order valence-electron chi connectivity index (χ0n) is 14.4. The van der Waals surface area contributed by atoms with Gasteiger partial charge >= 0.3 is 0 Å². The molecule has 0 saturated carbocycles. The van der Waals surface area contributed by atoms with E-state index in [1.807, 2.05) is 48.7 Å². The molecule has 1 aromatic carbocycles. The predicted molar refractivity (Wildman–Crippen MR) is 96.1 cm³/mol. The molecule has 0 atom stereocenters. The number of hydrogen-bond acceptors (Lipinski definition) is 5. The van der Waals surface area contributed by atoms with Crippen LogP contribution in [-0.2, 0) is 16.9 Å². The second kappa shape index (κ2) is 7.13. The quantitative estimate of drug-likeness (QED) is 0.734. The fourth-order valence-corrected chi connectivity index (χ4v) is 3.40. The lowest BCUT2D eigenvalue weighted by Gasteiger charge is -2.36. The van der Waals surface area contributed by atoms with Crippen LogP contribution in [0.4, 0.5) is 0 Å². The lowest BCUT2D eigenvalue weighted by Crippen LogP contribution is -2.54. The Bertz CT molecular complexity index is 851. The molecule has 134 valence electrons. The molecule has 2 N–H and O–H groups in total. The van der Waals surface area contributed by atoms with Gasteiger partial charge in [0.1, 0.15) is 11.2 Å². The highest BCUT2D eigenvalue weighted by Crippen LogP contribution is 2.27. The third kappa shape index (κ3) is 3.13. The minimum absolute atomic E-state index is 0.0413. The van der Waals surface area contributed by atoms with Gasteiger partial charge in [-0.25, -0.2) is 0 Å². The highest BCUT2D eigenvalue weighted by molar-refractivity contribution is 5.84. The first-order valence-electron chi connectivity index (χ1n) is 8.78. The van der Waals surface area contributed by atoms with E-state index in [2.05, 4.69) is 20.9 Å². The summed E-state index contributed by atoms with van der Waals surface area (Å²) in [4.78, 5) is 13.0. The van der Waals surface area contributed by atoms with Gasteiger partial charge in [0, 0.05) is 24.0 Å². The van der Waals surface area contributed by atoms with E-state index >= 15 is 0 Å². The molecule has 1 aliphatic rings. The van der Waals surface area contributed by atoms with Crippen molar-refractivity contribution in [3.63, 3.8) is 0 Å². The average Bonchev–Trinajstić information content (AvgIpc) is 3.39. The molecule has 4 rings (SSSR count). The van der Waals surface area contributed by atoms with Crippen LogP contribution in [0, 0.1) is 0 Å². The van der Waals surface area contributed by atoms with Gasteiger partial charge in [-0.1, -0.05) is 35.5 Å². The number of nitrogens with one attached hydrogen (secondary N) is 2. The number of amides is 1. The highest BCUT2D eigenvalue weighted by atomic mass is 16.5. The van der Waals surface area contributed by atoms with Gasteiger partial charge < -0.3 is 15.2 Å². The molecule has 3 aromatic rings. The number of piperidine rings is 1. The van der Waals surface area contributed by atoms with Gasteiger partial charge in [-0.2, -0.15) is 5.10 Å². The van der Waals surface area contributed by atoms with Crippen LogP contribution in [-0.4, -0.2) is 33.9 Å². The van der Waals surface area contributed by atoms with Gasteiger partial charge in [-0.3, -0.25) is 9.48 Å². The van der Waals surface area contributed by atoms with Gasteiger partial charge in [0.15, 0.2) is 5.76 Å². The summed E-state index contributed by atoms with van der Waals surface area (Å²) in [6.45, 7) is 1.87. The first kappa shape index (κ1) is 16.5. The van der Waals surface area contributed by atoms with Crippen molar-refractivity contribution in [3.05, 3.63) is 60.6 Å². The minimum atomic E-state index is -0.656. The molecule has 3 heterocycles. The Balaban J connectivity index is 1.47. The third-order valence-corrected chi connectivity index (χ3v) is 4.85. The Kier molecular flexibility index (Phi) is 4.53. The van der Waals surface area contributed by atoms with Gasteiger partial charge in [-0.05, 0) is 32.0 Å². The topological polar surface area (TPSA) is 85.0 Å². The van der Waals surface area contributed by atoms with Crippen molar-refractivity contribution in [3.8, 4) is 11.3 Å². The average molecular weight is 351 g/mol. The van der Waals surface area contributed by atoms with Crippen LogP contribution in [0.5, 0.6) is 0 Å². The van der Waals surface area contributed by atoms with Crippen molar-refractivity contribution >= 4 is 5.91 Å². The summed E-state index contributed by atoms with van der Waals surface area (Å²) < 4.78 is 7.16. The van der Waals surface area contributed by atoms with Gasteiger partial charge in [0.25, 0.3) is 0 Å². The Labute approximate surface area is 151 Å². The first-order valence-corrected chi connectivity index (χ1v) is 8.78. The van der Waals surface area contributed by atoms with Crippen LogP contribution >= 0.6 is 0 Å². The van der Waals surface area contributed by atoms with E-state index in [1.165, 1.54) is 0 Å². The number of carbonyl (C=O) groups excluding carboxylic acids is 1. The zero-order valence-corrected chi connectivity index (χ0v) is 14.4. The SMILES string of the molecule is O=C(NCc1cc(-c2ccccc2)no1)C1(n2cccn2)CCNCC1. The smallest absolute Gasteiger partial charge is 0.248 e. The minimum Gasteiger partial charge on any atom is -0.359 e. The van der Waals surface area contributed by atoms with Crippen LogP contribution in [0.15, 0.2) is 59.4 Å². The van der Waals surface area contributed by atoms with Crippen LogP contribution in [0.25, 0.3) is 11.3 Å². The lowest BCUT2D eigenvalue weighted by atomic mass is 9.87. The standard InChI is InChI=1S/C19H21N5O2/c25-18(19(7-10-20-11-8-19)24-12-4-9-22-24)21-14-16-13-17(23-26-16)15-5-2-1-3-6-15/h1-6,9,12-13,20H,7-8,10-11,14H2,(H,21,25). The van der Waals surface area contributed by atoms with Crippen LogP contribution in [0.2, 0.25) is 0 Å². The Morgan fingerprint density at radius 1 is 1.23 bits per heavy atom. The monoisotopic (exact) mass is 351 g/mol. The molecular formula is C19H21N5O2. The number of benzene rings is 1. The highest BCUT2D eigenvalue weighted by Gasteiger charge is 2.41. The summed E-state index contributed by atoms with van der Waals surface area (Å²) in [5.74, 6) is 0.585. The summed E-state index contributed by atoms with van der Waals surface area (Å²) >= 11 is 0. The second-order valence-corrected chi connectivity index (χ2v) is 6.46. The van der Waals surface area contributed by atoms with Crippen molar-refractivity contribution in [1.82, 2.24) is 25.6 Å². The van der Waals surface area contributed by atoms with E-state index in [0.29, 0.717) is 25.1 Å². The van der Waals surface area contributed by atoms with Crippen molar-refractivity contribution < 1.29 is 9.32 Å². The fourth-order valence-electron chi connectivity index (χ4n) is 3.40. The van der Waals surface area contributed by atoms with Gasteiger partial charge in [0.2, 0.25) is 5.91 Å². The first-order chi connectivity index (χ1) is 12.8. The number of carbonyl (C=O) groups is 1. The summed E-state index contributed by atoms with van der Waals surface area (Å²) in [7, 11) is 0. The molecule has 1 fully saturated rings. The summed E-state index contributed by atoms with van der Waals surface area (Å²) in [5.41, 5.74) is 1.09. The van der Waals surface area contributed by atoms with Crippen LogP contribution < -0.4 is 10.6 Å². The maximum Gasteiger partial charge on any atom is 0.248 e. The lowest BCUT2D eigenvalue weighted by molar-refractivity contribution is -0.132. The Morgan fingerprint density at radius 2 is 2.04 bits per heavy atom. The van der Waals surface area contributed by atoms with Crippen molar-refractivity contribution in [2.45, 2.75) is 24.9 Å². The largest absolute Gasteiger partial charge is 0.359 e. The van der Waals surface area contributed by atoms with Gasteiger partial charge in [0.05, 0.1) is 6.54 Å². The van der Waals surface area contributed by atoms with Gasteiger partial charge in [-0.15, -0.1) is 0 Å². The summed E-state index contributed by atoms with van der Waals surface area (Å²) in [6.07, 6.45) is 4.96. The fraction of sp³-hybridized carbons (Fsp3) is 0.316. The molecule has 1 amide bonds. The van der Waals surface area contributed by atoms with E-state index in [9.17, 15) is 4.79 Å². The molecule has 2 aromatic heterocycles. The molecule has 7 nitrogen and oxygen atoms in total. The summed E-state index contributed by atoms with van der Waals surface area (Å²) in [5, 5.41) is 14.7. The molecule has 0 bridgehead atoms. The molecule has 0 radical (unpaired) electrons. The van der Waals surface area contributed by atoms with Crippen molar-refractivity contribution in [1.29, 1.82) is 0 Å². The normalized spacial score (nSPS) is 16.3. The Hall–Kier alpha value is -2.93. The molecule has 1 saturated heterocycles. The van der Waals surface area contributed by atoms with E-state index in [1.54, 1.807) is 10.9 Å². The van der Waals surface area contributed by atoms with E-state index in [0.717, 1.165) is 24.3 Å². The van der Waals surface area contributed by atoms with Crippen molar-refractivity contribution in [2.75, 3.05) is 13.1 Å². The number of nitrogens with zero attached hydrogens (tertiary/aromatic N) is 3. The van der Waals surface area contributed by atoms with E-state index in [-0.39, 0.29) is 5.91 Å². The van der Waals surface area contributed by atoms with Crippen LogP contribution in [0.1, 0.15) is 18.6 Å². The van der Waals surface area contributed by atoms with E-state index < -0.39 is 5.54 Å². The zero-order chi connectivity index (χ0) is 17.8.